The van der Waals surface area contributed by atoms with Crippen LogP contribution in [0.2, 0.25) is 0 Å². The third kappa shape index (κ3) is 2.54. The summed E-state index contributed by atoms with van der Waals surface area (Å²) in [4.78, 5) is 23.1. The summed E-state index contributed by atoms with van der Waals surface area (Å²) in [5.41, 5.74) is 0.752. The Morgan fingerprint density at radius 3 is 2.50 bits per heavy atom. The summed E-state index contributed by atoms with van der Waals surface area (Å²) in [6.07, 6.45) is -0.215. The first-order valence-corrected chi connectivity index (χ1v) is 6.11. The number of hydrogen-bond acceptors (Lipinski definition) is 6. The van der Waals surface area contributed by atoms with E-state index < -0.39 is 24.0 Å². The van der Waals surface area contributed by atoms with E-state index in [-0.39, 0.29) is 6.42 Å². The number of benzene rings is 1. The molecule has 2 atom stereocenters. The predicted octanol–water partition coefficient (Wildman–Crippen LogP) is 1.48. The van der Waals surface area contributed by atoms with Crippen molar-refractivity contribution >= 4 is 11.9 Å². The molecule has 1 saturated heterocycles. The molecule has 0 bridgehead atoms. The number of cyclic esters (lactones) is 1. The Hall–Kier alpha value is -2.24. The van der Waals surface area contributed by atoms with Crippen LogP contribution in [0.5, 0.6) is 11.5 Å². The van der Waals surface area contributed by atoms with Gasteiger partial charge in [0.15, 0.2) is 17.4 Å². The van der Waals surface area contributed by atoms with Gasteiger partial charge in [0.05, 0.1) is 21.3 Å². The summed E-state index contributed by atoms with van der Waals surface area (Å²) in [5, 5.41) is 0. The normalized spacial score (nSPS) is 21.2. The number of esters is 2. The zero-order valence-electron chi connectivity index (χ0n) is 11.5. The molecule has 6 nitrogen and oxygen atoms in total. The second-order valence-corrected chi connectivity index (χ2v) is 4.35. The van der Waals surface area contributed by atoms with Crippen molar-refractivity contribution in [3.8, 4) is 11.5 Å². The molecule has 0 spiro atoms. The molecule has 1 aliphatic rings. The minimum Gasteiger partial charge on any atom is -0.493 e. The monoisotopic (exact) mass is 280 g/mol. The van der Waals surface area contributed by atoms with E-state index in [0.29, 0.717) is 11.5 Å². The van der Waals surface area contributed by atoms with Crippen LogP contribution in [0, 0.1) is 5.92 Å². The van der Waals surface area contributed by atoms with E-state index in [2.05, 4.69) is 4.74 Å². The predicted molar refractivity (Wildman–Crippen MR) is 68.5 cm³/mol. The van der Waals surface area contributed by atoms with Crippen LogP contribution < -0.4 is 9.47 Å². The zero-order valence-corrected chi connectivity index (χ0v) is 11.5. The van der Waals surface area contributed by atoms with Crippen LogP contribution in [-0.2, 0) is 19.1 Å². The molecule has 6 heteroatoms. The molecule has 0 aromatic heterocycles. The lowest BCUT2D eigenvalue weighted by Crippen LogP contribution is -2.20. The van der Waals surface area contributed by atoms with Gasteiger partial charge < -0.3 is 18.9 Å². The molecule has 0 saturated carbocycles. The van der Waals surface area contributed by atoms with Crippen molar-refractivity contribution in [1.82, 2.24) is 0 Å². The summed E-state index contributed by atoms with van der Waals surface area (Å²) in [6, 6.07) is 5.24. The number of carbonyl (C=O) groups is 2. The van der Waals surface area contributed by atoms with E-state index in [1.165, 1.54) is 14.2 Å². The van der Waals surface area contributed by atoms with E-state index >= 15 is 0 Å². The summed E-state index contributed by atoms with van der Waals surface area (Å²) >= 11 is 0. The molecule has 0 aliphatic carbocycles. The molecule has 2 unspecified atom stereocenters. The first-order chi connectivity index (χ1) is 9.60. The fourth-order valence-electron chi connectivity index (χ4n) is 2.17. The molecule has 20 heavy (non-hydrogen) atoms. The summed E-state index contributed by atoms with van der Waals surface area (Å²) in [5.74, 6) is -0.861. The highest BCUT2D eigenvalue weighted by Crippen LogP contribution is 2.37. The van der Waals surface area contributed by atoms with Crippen molar-refractivity contribution in [2.45, 2.75) is 12.5 Å². The van der Waals surface area contributed by atoms with Crippen LogP contribution in [0.4, 0.5) is 0 Å². The molecule has 1 aliphatic heterocycles. The van der Waals surface area contributed by atoms with E-state index in [1.807, 2.05) is 0 Å². The average molecular weight is 280 g/mol. The van der Waals surface area contributed by atoms with Gasteiger partial charge in [0.1, 0.15) is 6.10 Å². The van der Waals surface area contributed by atoms with Crippen molar-refractivity contribution in [3.63, 3.8) is 0 Å². The number of methoxy groups -OCH3 is 3. The third-order valence-electron chi connectivity index (χ3n) is 3.26. The lowest BCUT2D eigenvalue weighted by Gasteiger charge is -2.13. The Labute approximate surface area is 116 Å². The molecule has 1 fully saturated rings. The van der Waals surface area contributed by atoms with E-state index in [4.69, 9.17) is 14.2 Å². The highest BCUT2D eigenvalue weighted by atomic mass is 16.6. The Balaban J connectivity index is 2.21. The van der Waals surface area contributed by atoms with Crippen molar-refractivity contribution in [3.05, 3.63) is 23.8 Å². The Morgan fingerprint density at radius 1 is 1.20 bits per heavy atom. The molecule has 0 radical (unpaired) electrons. The van der Waals surface area contributed by atoms with Crippen molar-refractivity contribution in [2.75, 3.05) is 21.3 Å². The van der Waals surface area contributed by atoms with Crippen molar-refractivity contribution in [1.29, 1.82) is 0 Å². The number of hydrogen-bond donors (Lipinski definition) is 0. The van der Waals surface area contributed by atoms with Gasteiger partial charge in [-0.05, 0) is 17.7 Å². The van der Waals surface area contributed by atoms with Crippen LogP contribution in [-0.4, -0.2) is 33.3 Å². The minimum atomic E-state index is -0.863. The number of carbonyl (C=O) groups excluding carboxylic acids is 2. The molecule has 1 aromatic carbocycles. The van der Waals surface area contributed by atoms with Crippen LogP contribution in [0.15, 0.2) is 18.2 Å². The van der Waals surface area contributed by atoms with Gasteiger partial charge in [0.2, 0.25) is 0 Å². The van der Waals surface area contributed by atoms with Crippen molar-refractivity contribution < 1.29 is 28.5 Å². The lowest BCUT2D eigenvalue weighted by molar-refractivity contribution is -0.154. The highest BCUT2D eigenvalue weighted by molar-refractivity contribution is 5.96. The van der Waals surface area contributed by atoms with Gasteiger partial charge in [-0.25, -0.2) is 0 Å². The maximum absolute atomic E-state index is 11.7. The summed E-state index contributed by atoms with van der Waals surface area (Å²) in [7, 11) is 4.32. The molecular weight excluding hydrogens is 264 g/mol. The first-order valence-electron chi connectivity index (χ1n) is 6.11. The van der Waals surface area contributed by atoms with Gasteiger partial charge in [-0.3, -0.25) is 9.59 Å². The largest absolute Gasteiger partial charge is 0.493 e. The third-order valence-corrected chi connectivity index (χ3v) is 3.26. The maximum atomic E-state index is 11.7. The molecule has 2 rings (SSSR count). The highest BCUT2D eigenvalue weighted by Gasteiger charge is 2.41. The molecule has 1 heterocycles. The molecule has 0 N–H and O–H groups in total. The standard InChI is InChI=1S/C14H16O6/c1-17-10-5-4-8(6-12(10)18-2)11-7-9(13(15)19-3)14(16)20-11/h4-6,9,11H,7H2,1-3H3. The molecular formula is C14H16O6. The second kappa shape index (κ2) is 5.81. The van der Waals surface area contributed by atoms with Crippen LogP contribution in [0.1, 0.15) is 18.1 Å². The van der Waals surface area contributed by atoms with E-state index in [0.717, 1.165) is 5.56 Å². The number of rotatable bonds is 4. The van der Waals surface area contributed by atoms with Crippen molar-refractivity contribution in [2.24, 2.45) is 5.92 Å². The summed E-state index contributed by atoms with van der Waals surface area (Å²) in [6.45, 7) is 0. The summed E-state index contributed by atoms with van der Waals surface area (Å²) < 4.78 is 20.2. The smallest absolute Gasteiger partial charge is 0.321 e. The van der Waals surface area contributed by atoms with Crippen LogP contribution in [0.25, 0.3) is 0 Å². The van der Waals surface area contributed by atoms with E-state index in [9.17, 15) is 9.59 Å². The topological polar surface area (TPSA) is 71.1 Å². The Bertz CT molecular complexity index is 524. The lowest BCUT2D eigenvalue weighted by atomic mass is 10.00. The van der Waals surface area contributed by atoms with Gasteiger partial charge in [-0.2, -0.15) is 0 Å². The number of ether oxygens (including phenoxy) is 4. The molecule has 108 valence electrons. The fourth-order valence-corrected chi connectivity index (χ4v) is 2.17. The van der Waals surface area contributed by atoms with Gasteiger partial charge in [0, 0.05) is 6.42 Å². The molecule has 1 aromatic rings. The van der Waals surface area contributed by atoms with Gasteiger partial charge >= 0.3 is 11.9 Å². The van der Waals surface area contributed by atoms with E-state index in [1.54, 1.807) is 25.3 Å². The maximum Gasteiger partial charge on any atom is 0.321 e. The average Bonchev–Trinajstić information content (AvgIpc) is 2.87. The Morgan fingerprint density at radius 2 is 1.90 bits per heavy atom. The minimum absolute atomic E-state index is 0.265. The quantitative estimate of drug-likeness (QED) is 0.614. The van der Waals surface area contributed by atoms with Crippen LogP contribution in [0.3, 0.4) is 0 Å². The first kappa shape index (κ1) is 14.2. The van der Waals surface area contributed by atoms with Gasteiger partial charge in [-0.15, -0.1) is 0 Å². The van der Waals surface area contributed by atoms with Crippen LogP contribution >= 0.6 is 0 Å². The zero-order chi connectivity index (χ0) is 14.7. The fraction of sp³-hybridized carbons (Fsp3) is 0.429. The van der Waals surface area contributed by atoms with Gasteiger partial charge in [-0.1, -0.05) is 6.07 Å². The Kier molecular flexibility index (Phi) is 4.12. The molecule has 0 amide bonds. The SMILES string of the molecule is COC(=O)C1CC(c2ccc(OC)c(OC)c2)OC1=O. The second-order valence-electron chi connectivity index (χ2n) is 4.35. The van der Waals surface area contributed by atoms with Gasteiger partial charge in [0.25, 0.3) is 0 Å².